The third kappa shape index (κ3) is 3.74. The second-order valence-corrected chi connectivity index (χ2v) is 8.20. The van der Waals surface area contributed by atoms with Gasteiger partial charge in [0.05, 0.1) is 6.04 Å². The number of aromatic nitrogens is 1. The maximum absolute atomic E-state index is 6.23. The topological polar surface area (TPSA) is 37.0 Å². The van der Waals surface area contributed by atoms with Crippen LogP contribution in [-0.2, 0) is 13.0 Å². The van der Waals surface area contributed by atoms with Crippen molar-refractivity contribution in [2.24, 2.45) is 0 Å². The Kier molecular flexibility index (Phi) is 4.96. The predicted molar refractivity (Wildman–Crippen MR) is 119 cm³/mol. The van der Waals surface area contributed by atoms with Crippen LogP contribution in [0.15, 0.2) is 66.7 Å². The van der Waals surface area contributed by atoms with E-state index in [2.05, 4.69) is 34.6 Å². The Morgan fingerprint density at radius 1 is 0.931 bits per heavy atom. The van der Waals surface area contributed by atoms with E-state index in [1.165, 1.54) is 22.2 Å². The van der Waals surface area contributed by atoms with Crippen LogP contribution in [0.2, 0.25) is 10.0 Å². The third-order valence-corrected chi connectivity index (χ3v) is 5.91. The van der Waals surface area contributed by atoms with Gasteiger partial charge in [-0.15, -0.1) is 0 Å². The number of ether oxygens (including phenoxy) is 1. The molecule has 0 fully saturated rings. The highest BCUT2D eigenvalue weighted by Gasteiger charge is 2.25. The zero-order chi connectivity index (χ0) is 19.8. The fraction of sp³-hybridized carbons (Fsp3) is 0.167. The summed E-state index contributed by atoms with van der Waals surface area (Å²) in [6, 6.07) is 22.2. The molecule has 5 rings (SSSR count). The summed E-state index contributed by atoms with van der Waals surface area (Å²) in [6.45, 7) is 1.43. The molecule has 1 atom stereocenters. The molecule has 5 heteroatoms. The molecule has 0 radical (unpaired) electrons. The van der Waals surface area contributed by atoms with Crippen molar-refractivity contribution >= 4 is 34.1 Å². The summed E-state index contributed by atoms with van der Waals surface area (Å²) in [5.41, 5.74) is 5.95. The maximum Gasteiger partial charge on any atom is 0.120 e. The molecule has 29 heavy (non-hydrogen) atoms. The molecule has 0 bridgehead atoms. The van der Waals surface area contributed by atoms with Crippen LogP contribution >= 0.6 is 23.2 Å². The number of rotatable bonds is 4. The summed E-state index contributed by atoms with van der Waals surface area (Å²) in [5, 5.41) is 6.36. The molecule has 1 aliphatic rings. The standard InChI is InChI=1S/C24H20Cl2N2O/c25-17-6-4-15(5-7-17)14-29-19-3-1-2-16(12-19)23-24-20(10-11-27-23)21-13-18(26)8-9-22(21)28-24/h1-9,12-13,23,27-28H,10-11,14H2. The van der Waals surface area contributed by atoms with Gasteiger partial charge in [-0.1, -0.05) is 47.5 Å². The highest BCUT2D eigenvalue weighted by Crippen LogP contribution is 2.35. The van der Waals surface area contributed by atoms with Crippen molar-refractivity contribution in [3.8, 4) is 5.75 Å². The molecule has 0 spiro atoms. The summed E-state index contributed by atoms with van der Waals surface area (Å²) in [4.78, 5) is 3.60. The molecule has 1 unspecified atom stereocenters. The number of aromatic amines is 1. The number of benzene rings is 3. The Hall–Kier alpha value is -2.46. The van der Waals surface area contributed by atoms with Crippen molar-refractivity contribution in [1.82, 2.24) is 10.3 Å². The zero-order valence-corrected chi connectivity index (χ0v) is 17.2. The highest BCUT2D eigenvalue weighted by molar-refractivity contribution is 6.31. The van der Waals surface area contributed by atoms with Gasteiger partial charge >= 0.3 is 0 Å². The molecule has 3 aromatic carbocycles. The van der Waals surface area contributed by atoms with Crippen LogP contribution in [0.4, 0.5) is 0 Å². The van der Waals surface area contributed by atoms with E-state index in [1.807, 2.05) is 42.5 Å². The number of hydrogen-bond donors (Lipinski definition) is 2. The lowest BCUT2D eigenvalue weighted by molar-refractivity contribution is 0.305. The first-order chi connectivity index (χ1) is 14.2. The first-order valence-corrected chi connectivity index (χ1v) is 10.4. The fourth-order valence-electron chi connectivity index (χ4n) is 4.02. The van der Waals surface area contributed by atoms with Gasteiger partial charge in [0.1, 0.15) is 12.4 Å². The Morgan fingerprint density at radius 2 is 1.76 bits per heavy atom. The summed E-state index contributed by atoms with van der Waals surface area (Å²) < 4.78 is 6.03. The van der Waals surface area contributed by atoms with Crippen molar-refractivity contribution < 1.29 is 4.74 Å². The lowest BCUT2D eigenvalue weighted by Crippen LogP contribution is -2.30. The van der Waals surface area contributed by atoms with E-state index in [4.69, 9.17) is 27.9 Å². The second kappa shape index (κ2) is 7.75. The molecule has 1 aromatic heterocycles. The van der Waals surface area contributed by atoms with E-state index in [9.17, 15) is 0 Å². The van der Waals surface area contributed by atoms with E-state index in [1.54, 1.807) is 0 Å². The van der Waals surface area contributed by atoms with E-state index in [0.717, 1.165) is 39.8 Å². The van der Waals surface area contributed by atoms with Crippen LogP contribution in [0.1, 0.15) is 28.4 Å². The summed E-state index contributed by atoms with van der Waals surface area (Å²) in [5.74, 6) is 0.852. The van der Waals surface area contributed by atoms with Crippen LogP contribution in [0.5, 0.6) is 5.75 Å². The van der Waals surface area contributed by atoms with Crippen LogP contribution in [0.3, 0.4) is 0 Å². The minimum Gasteiger partial charge on any atom is -0.489 e. The Morgan fingerprint density at radius 3 is 2.62 bits per heavy atom. The zero-order valence-electron chi connectivity index (χ0n) is 15.7. The molecule has 2 heterocycles. The smallest absolute Gasteiger partial charge is 0.120 e. The molecule has 1 aliphatic heterocycles. The van der Waals surface area contributed by atoms with Crippen molar-refractivity contribution in [2.45, 2.75) is 19.1 Å². The highest BCUT2D eigenvalue weighted by atomic mass is 35.5. The predicted octanol–water partition coefficient (Wildman–Crippen LogP) is 6.29. The lowest BCUT2D eigenvalue weighted by atomic mass is 9.94. The summed E-state index contributed by atoms with van der Waals surface area (Å²) >= 11 is 12.2. The van der Waals surface area contributed by atoms with Crippen molar-refractivity contribution in [3.63, 3.8) is 0 Å². The average Bonchev–Trinajstić information content (AvgIpc) is 3.11. The Balaban J connectivity index is 1.43. The number of fused-ring (bicyclic) bond motifs is 3. The SMILES string of the molecule is Clc1ccc(COc2cccc(C3NCCc4c3[nH]c3ccc(Cl)cc43)c2)cc1. The molecule has 3 nitrogen and oxygen atoms in total. The fourth-order valence-corrected chi connectivity index (χ4v) is 4.31. The lowest BCUT2D eigenvalue weighted by Gasteiger charge is -2.25. The van der Waals surface area contributed by atoms with Gasteiger partial charge in [-0.3, -0.25) is 0 Å². The van der Waals surface area contributed by atoms with Crippen LogP contribution in [-0.4, -0.2) is 11.5 Å². The number of hydrogen-bond acceptors (Lipinski definition) is 2. The third-order valence-electron chi connectivity index (χ3n) is 5.42. The Bertz CT molecular complexity index is 1170. The monoisotopic (exact) mass is 422 g/mol. The molecular weight excluding hydrogens is 403 g/mol. The Labute approximate surface area is 179 Å². The molecular formula is C24H20Cl2N2O. The van der Waals surface area contributed by atoms with Gasteiger partial charge in [-0.25, -0.2) is 0 Å². The van der Waals surface area contributed by atoms with E-state index >= 15 is 0 Å². The number of nitrogens with one attached hydrogen (secondary N) is 2. The average molecular weight is 423 g/mol. The minimum atomic E-state index is 0.101. The van der Waals surface area contributed by atoms with Gasteiger partial charge in [0.25, 0.3) is 0 Å². The summed E-state index contributed by atoms with van der Waals surface area (Å²) in [6.07, 6.45) is 0.985. The molecule has 0 amide bonds. The molecule has 2 N–H and O–H groups in total. The molecule has 4 aromatic rings. The van der Waals surface area contributed by atoms with E-state index < -0.39 is 0 Å². The largest absolute Gasteiger partial charge is 0.489 e. The number of H-pyrrole nitrogens is 1. The van der Waals surface area contributed by atoms with Crippen LogP contribution in [0, 0.1) is 0 Å². The van der Waals surface area contributed by atoms with Gasteiger partial charge in [-0.2, -0.15) is 0 Å². The minimum absolute atomic E-state index is 0.101. The van der Waals surface area contributed by atoms with E-state index in [-0.39, 0.29) is 6.04 Å². The van der Waals surface area contributed by atoms with Crippen LogP contribution in [0.25, 0.3) is 10.9 Å². The first kappa shape index (κ1) is 18.6. The van der Waals surface area contributed by atoms with Crippen molar-refractivity contribution in [1.29, 1.82) is 0 Å². The normalized spacial score (nSPS) is 16.0. The van der Waals surface area contributed by atoms with Crippen molar-refractivity contribution in [3.05, 3.63) is 99.2 Å². The molecule has 0 saturated heterocycles. The van der Waals surface area contributed by atoms with E-state index in [0.29, 0.717) is 6.61 Å². The van der Waals surface area contributed by atoms with Gasteiger partial charge in [0, 0.05) is 33.2 Å². The number of halogens is 2. The molecule has 146 valence electrons. The van der Waals surface area contributed by atoms with Crippen LogP contribution < -0.4 is 10.1 Å². The van der Waals surface area contributed by atoms with Gasteiger partial charge < -0.3 is 15.0 Å². The maximum atomic E-state index is 6.23. The van der Waals surface area contributed by atoms with Crippen molar-refractivity contribution in [2.75, 3.05) is 6.54 Å². The summed E-state index contributed by atoms with van der Waals surface area (Å²) in [7, 11) is 0. The quantitative estimate of drug-likeness (QED) is 0.405. The molecule has 0 aliphatic carbocycles. The second-order valence-electron chi connectivity index (χ2n) is 7.33. The first-order valence-electron chi connectivity index (χ1n) is 9.68. The van der Waals surface area contributed by atoms with Gasteiger partial charge in [-0.05, 0) is 65.6 Å². The molecule has 0 saturated carbocycles. The van der Waals surface area contributed by atoms with Gasteiger partial charge in [0.15, 0.2) is 0 Å². The van der Waals surface area contributed by atoms with Gasteiger partial charge in [0.2, 0.25) is 0 Å².